The van der Waals surface area contributed by atoms with Gasteiger partial charge < -0.3 is 9.80 Å². The summed E-state index contributed by atoms with van der Waals surface area (Å²) < 4.78 is 36.0. The predicted octanol–water partition coefficient (Wildman–Crippen LogP) is 1.62. The van der Waals surface area contributed by atoms with Crippen LogP contribution in [0, 0.1) is 5.82 Å². The summed E-state index contributed by atoms with van der Waals surface area (Å²) in [6.45, 7) is 7.86. The summed E-state index contributed by atoms with van der Waals surface area (Å²) >= 11 is 0. The number of anilines is 1. The van der Waals surface area contributed by atoms with Crippen molar-refractivity contribution in [2.24, 2.45) is 0 Å². The van der Waals surface area contributed by atoms with Crippen molar-refractivity contribution in [2.75, 3.05) is 56.2 Å². The first-order valence-electron chi connectivity index (χ1n) is 9.39. The normalized spacial score (nSPS) is 16.6. The lowest BCUT2D eigenvalue weighted by Crippen LogP contribution is -2.49. The van der Waals surface area contributed by atoms with Gasteiger partial charge in [-0.15, -0.1) is 0 Å². The van der Waals surface area contributed by atoms with E-state index in [0.29, 0.717) is 32.6 Å². The molecule has 0 radical (unpaired) electrons. The van der Waals surface area contributed by atoms with E-state index in [9.17, 15) is 17.6 Å². The highest BCUT2D eigenvalue weighted by molar-refractivity contribution is 7.90. The molecule has 0 aromatic heterocycles. The second kappa shape index (κ2) is 9.50. The number of sulfone groups is 1. The number of benzene rings is 1. The zero-order valence-corrected chi connectivity index (χ0v) is 17.2. The maximum Gasteiger partial charge on any atom is 0.223 e. The van der Waals surface area contributed by atoms with Crippen molar-refractivity contribution >= 4 is 21.4 Å². The first-order chi connectivity index (χ1) is 12.7. The SMILES string of the molecule is CCN(CCC(=O)N1CCN(c2ccc(F)cc2)CC1)C(C)CS(C)(=O)=O. The molecule has 0 aliphatic carbocycles. The Morgan fingerprint density at radius 1 is 1.19 bits per heavy atom. The number of halogens is 1. The summed E-state index contributed by atoms with van der Waals surface area (Å²) in [6.07, 6.45) is 1.63. The fourth-order valence-electron chi connectivity index (χ4n) is 3.50. The molecular formula is C19H30FN3O3S. The number of carbonyl (C=O) groups excluding carboxylic acids is 1. The zero-order valence-electron chi connectivity index (χ0n) is 16.4. The largest absolute Gasteiger partial charge is 0.368 e. The third kappa shape index (κ3) is 6.77. The van der Waals surface area contributed by atoms with Gasteiger partial charge in [-0.2, -0.15) is 0 Å². The molecule has 1 aliphatic heterocycles. The van der Waals surface area contributed by atoms with Crippen LogP contribution >= 0.6 is 0 Å². The molecule has 1 amide bonds. The van der Waals surface area contributed by atoms with Crippen molar-refractivity contribution in [3.63, 3.8) is 0 Å². The Balaban J connectivity index is 1.80. The van der Waals surface area contributed by atoms with Crippen molar-refractivity contribution in [1.29, 1.82) is 0 Å². The van der Waals surface area contributed by atoms with E-state index in [1.54, 1.807) is 12.1 Å². The van der Waals surface area contributed by atoms with Crippen molar-refractivity contribution in [3.8, 4) is 0 Å². The first kappa shape index (κ1) is 21.6. The molecule has 1 fully saturated rings. The van der Waals surface area contributed by atoms with E-state index >= 15 is 0 Å². The molecule has 27 heavy (non-hydrogen) atoms. The van der Waals surface area contributed by atoms with Crippen LogP contribution in [0.25, 0.3) is 0 Å². The first-order valence-corrected chi connectivity index (χ1v) is 11.5. The van der Waals surface area contributed by atoms with Crippen molar-refractivity contribution in [2.45, 2.75) is 26.3 Å². The molecule has 1 aliphatic rings. The van der Waals surface area contributed by atoms with E-state index in [1.807, 2.05) is 23.6 Å². The highest BCUT2D eigenvalue weighted by Gasteiger charge is 2.23. The monoisotopic (exact) mass is 399 g/mol. The van der Waals surface area contributed by atoms with Gasteiger partial charge in [-0.1, -0.05) is 6.92 Å². The predicted molar refractivity (Wildman–Crippen MR) is 106 cm³/mol. The molecule has 0 bridgehead atoms. The molecule has 1 aromatic carbocycles. The highest BCUT2D eigenvalue weighted by atomic mass is 32.2. The van der Waals surface area contributed by atoms with Gasteiger partial charge in [-0.25, -0.2) is 12.8 Å². The van der Waals surface area contributed by atoms with E-state index in [-0.39, 0.29) is 23.5 Å². The number of nitrogens with zero attached hydrogens (tertiary/aromatic N) is 3. The molecule has 6 nitrogen and oxygen atoms in total. The van der Waals surface area contributed by atoms with Gasteiger partial charge >= 0.3 is 0 Å². The Morgan fingerprint density at radius 2 is 1.78 bits per heavy atom. The van der Waals surface area contributed by atoms with Crippen molar-refractivity contribution in [1.82, 2.24) is 9.80 Å². The molecule has 0 N–H and O–H groups in total. The zero-order chi connectivity index (χ0) is 20.0. The Bertz CT molecular complexity index is 716. The molecular weight excluding hydrogens is 369 g/mol. The number of rotatable bonds is 8. The fraction of sp³-hybridized carbons (Fsp3) is 0.632. The van der Waals surface area contributed by atoms with Gasteiger partial charge in [0.2, 0.25) is 5.91 Å². The van der Waals surface area contributed by atoms with E-state index < -0.39 is 9.84 Å². The number of amides is 1. The number of hydrogen-bond donors (Lipinski definition) is 0. The van der Waals surface area contributed by atoms with Crippen LogP contribution in [0.5, 0.6) is 0 Å². The molecule has 2 rings (SSSR count). The van der Waals surface area contributed by atoms with Gasteiger partial charge in [-0.3, -0.25) is 9.69 Å². The van der Waals surface area contributed by atoms with Crippen LogP contribution in [0.1, 0.15) is 20.3 Å². The average Bonchev–Trinajstić information content (AvgIpc) is 2.61. The lowest BCUT2D eigenvalue weighted by Gasteiger charge is -2.36. The summed E-state index contributed by atoms with van der Waals surface area (Å²) in [5.41, 5.74) is 0.968. The van der Waals surface area contributed by atoms with E-state index in [2.05, 4.69) is 4.90 Å². The van der Waals surface area contributed by atoms with Gasteiger partial charge in [0.25, 0.3) is 0 Å². The van der Waals surface area contributed by atoms with Crippen LogP contribution in [0.4, 0.5) is 10.1 Å². The molecule has 1 unspecified atom stereocenters. The van der Waals surface area contributed by atoms with Gasteiger partial charge in [0.1, 0.15) is 15.7 Å². The smallest absolute Gasteiger partial charge is 0.223 e. The summed E-state index contributed by atoms with van der Waals surface area (Å²) in [7, 11) is -3.04. The van der Waals surface area contributed by atoms with Gasteiger partial charge in [0, 0.05) is 57.1 Å². The Labute approximate surface area is 161 Å². The van der Waals surface area contributed by atoms with Crippen LogP contribution in [0.15, 0.2) is 24.3 Å². The lowest BCUT2D eigenvalue weighted by atomic mass is 10.2. The minimum Gasteiger partial charge on any atom is -0.368 e. The van der Waals surface area contributed by atoms with Crippen LogP contribution in [0.2, 0.25) is 0 Å². The summed E-state index contributed by atoms with van der Waals surface area (Å²) in [5, 5.41) is 0. The number of piperazine rings is 1. The van der Waals surface area contributed by atoms with Crippen molar-refractivity contribution < 1.29 is 17.6 Å². The number of hydrogen-bond acceptors (Lipinski definition) is 5. The van der Waals surface area contributed by atoms with Gasteiger partial charge in [0.15, 0.2) is 0 Å². The number of carbonyl (C=O) groups is 1. The molecule has 1 saturated heterocycles. The van der Waals surface area contributed by atoms with Gasteiger partial charge in [-0.05, 0) is 37.7 Å². The second-order valence-electron chi connectivity index (χ2n) is 7.16. The summed E-state index contributed by atoms with van der Waals surface area (Å²) in [5.74, 6) is -0.0531. The van der Waals surface area contributed by atoms with Crippen LogP contribution in [-0.2, 0) is 14.6 Å². The van der Waals surface area contributed by atoms with E-state index in [4.69, 9.17) is 0 Å². The third-order valence-electron chi connectivity index (χ3n) is 5.01. The molecule has 0 saturated carbocycles. The standard InChI is InChI=1S/C19H30FN3O3S/c1-4-21(16(2)15-27(3,25)26)10-9-19(24)23-13-11-22(12-14-23)18-7-5-17(20)6-8-18/h5-8,16H,4,9-15H2,1-3H3. The molecule has 8 heteroatoms. The van der Waals surface area contributed by atoms with E-state index in [1.165, 1.54) is 18.4 Å². The third-order valence-corrected chi connectivity index (χ3v) is 6.10. The molecule has 0 spiro atoms. The maximum absolute atomic E-state index is 13.0. The van der Waals surface area contributed by atoms with Crippen LogP contribution in [0.3, 0.4) is 0 Å². The van der Waals surface area contributed by atoms with Gasteiger partial charge in [0.05, 0.1) is 5.75 Å². The maximum atomic E-state index is 13.0. The fourth-order valence-corrected chi connectivity index (χ4v) is 4.58. The quantitative estimate of drug-likeness (QED) is 0.665. The minimum atomic E-state index is -3.04. The molecule has 152 valence electrons. The van der Waals surface area contributed by atoms with E-state index in [0.717, 1.165) is 18.8 Å². The highest BCUT2D eigenvalue weighted by Crippen LogP contribution is 2.17. The Hall–Kier alpha value is -1.67. The summed E-state index contributed by atoms with van der Waals surface area (Å²) in [6, 6.07) is 6.31. The Morgan fingerprint density at radius 3 is 2.30 bits per heavy atom. The van der Waals surface area contributed by atoms with Crippen LogP contribution < -0.4 is 4.90 Å². The molecule has 1 heterocycles. The van der Waals surface area contributed by atoms with Crippen molar-refractivity contribution in [3.05, 3.63) is 30.1 Å². The Kier molecular flexibility index (Phi) is 7.61. The topological polar surface area (TPSA) is 60.9 Å². The minimum absolute atomic E-state index is 0.0961. The molecule has 1 aromatic rings. The second-order valence-corrected chi connectivity index (χ2v) is 9.35. The lowest BCUT2D eigenvalue weighted by molar-refractivity contribution is -0.131. The molecule has 1 atom stereocenters. The van der Waals surface area contributed by atoms with Crippen LogP contribution in [-0.4, -0.2) is 81.4 Å². The average molecular weight is 400 g/mol. The summed E-state index contributed by atoms with van der Waals surface area (Å²) in [4.78, 5) is 18.6.